The molecule has 0 saturated carbocycles. The van der Waals surface area contributed by atoms with Crippen LogP contribution in [0.2, 0.25) is 0 Å². The quantitative estimate of drug-likeness (QED) is 0.881. The van der Waals surface area contributed by atoms with E-state index in [1.54, 1.807) is 11.3 Å². The number of nitrogens with zero attached hydrogens (tertiary/aromatic N) is 2. The minimum Gasteiger partial charge on any atom is -0.385 e. The smallest absolute Gasteiger partial charge is 0.107 e. The van der Waals surface area contributed by atoms with Crippen LogP contribution >= 0.6 is 11.3 Å². The van der Waals surface area contributed by atoms with Crippen molar-refractivity contribution >= 4 is 11.3 Å². The molecule has 92 valence electrons. The number of thiazole rings is 1. The molecule has 1 heterocycles. The van der Waals surface area contributed by atoms with Crippen molar-refractivity contribution in [1.29, 1.82) is 0 Å². The fourth-order valence-corrected chi connectivity index (χ4v) is 2.88. The van der Waals surface area contributed by atoms with E-state index in [2.05, 4.69) is 23.7 Å². The molecular weight excluding hydrogens is 220 g/mol. The summed E-state index contributed by atoms with van der Waals surface area (Å²) in [7, 11) is 4.06. The fraction of sp³-hybridized carbons (Fsp3) is 0.750. The maximum absolute atomic E-state index is 10.1. The van der Waals surface area contributed by atoms with Gasteiger partial charge < -0.3 is 10.0 Å². The van der Waals surface area contributed by atoms with Crippen molar-refractivity contribution in [2.45, 2.75) is 45.8 Å². The summed E-state index contributed by atoms with van der Waals surface area (Å²) in [6.07, 6.45) is 0. The molecule has 1 rings (SSSR count). The first kappa shape index (κ1) is 13.6. The molecule has 16 heavy (non-hydrogen) atoms. The van der Waals surface area contributed by atoms with E-state index in [0.29, 0.717) is 5.92 Å². The van der Waals surface area contributed by atoms with Crippen molar-refractivity contribution in [2.24, 2.45) is 0 Å². The molecule has 0 aromatic carbocycles. The van der Waals surface area contributed by atoms with Gasteiger partial charge in [0.15, 0.2) is 0 Å². The molecule has 4 heteroatoms. The van der Waals surface area contributed by atoms with Crippen LogP contribution < -0.4 is 0 Å². The molecule has 0 aliphatic carbocycles. The highest BCUT2D eigenvalue weighted by Crippen LogP contribution is 2.34. The number of aliphatic hydroxyl groups is 1. The SMILES string of the molecule is CC(C)c1nc(CN(C)C)sc1C(C)(C)O. The maximum Gasteiger partial charge on any atom is 0.107 e. The predicted octanol–water partition coefficient (Wildman–Crippen LogP) is 2.56. The lowest BCUT2D eigenvalue weighted by molar-refractivity contribution is 0.0811. The fourth-order valence-electron chi connectivity index (χ4n) is 1.55. The molecule has 0 bridgehead atoms. The van der Waals surface area contributed by atoms with E-state index in [1.807, 2.05) is 27.9 Å². The minimum atomic E-state index is -0.790. The van der Waals surface area contributed by atoms with Gasteiger partial charge in [0.1, 0.15) is 5.01 Å². The highest BCUT2D eigenvalue weighted by atomic mass is 32.1. The first-order valence-corrected chi connectivity index (χ1v) is 6.40. The summed E-state index contributed by atoms with van der Waals surface area (Å²) in [5, 5.41) is 11.2. The Morgan fingerprint density at radius 1 is 1.38 bits per heavy atom. The number of rotatable bonds is 4. The zero-order valence-electron chi connectivity index (χ0n) is 11.0. The Kier molecular flexibility index (Phi) is 4.10. The summed E-state index contributed by atoms with van der Waals surface area (Å²) in [5.74, 6) is 0.355. The van der Waals surface area contributed by atoms with Crippen molar-refractivity contribution in [1.82, 2.24) is 9.88 Å². The summed E-state index contributed by atoms with van der Waals surface area (Å²) in [4.78, 5) is 7.73. The molecule has 0 radical (unpaired) electrons. The van der Waals surface area contributed by atoms with Gasteiger partial charge in [0.05, 0.1) is 16.2 Å². The van der Waals surface area contributed by atoms with Crippen LogP contribution in [-0.4, -0.2) is 29.1 Å². The van der Waals surface area contributed by atoms with Gasteiger partial charge in [0.2, 0.25) is 0 Å². The van der Waals surface area contributed by atoms with Gasteiger partial charge in [-0.15, -0.1) is 11.3 Å². The predicted molar refractivity (Wildman–Crippen MR) is 68.8 cm³/mol. The first-order chi connectivity index (χ1) is 7.21. The summed E-state index contributed by atoms with van der Waals surface area (Å²) in [6, 6.07) is 0. The summed E-state index contributed by atoms with van der Waals surface area (Å²) >= 11 is 1.62. The molecule has 1 N–H and O–H groups in total. The Bertz CT molecular complexity index is 350. The lowest BCUT2D eigenvalue weighted by atomic mass is 10.0. The summed E-state index contributed by atoms with van der Waals surface area (Å²) < 4.78 is 0. The van der Waals surface area contributed by atoms with Crippen molar-refractivity contribution < 1.29 is 5.11 Å². The molecule has 1 aromatic rings. The second-order valence-electron chi connectivity index (χ2n) is 5.27. The zero-order chi connectivity index (χ0) is 12.5. The third kappa shape index (κ3) is 3.27. The number of hydrogen-bond donors (Lipinski definition) is 1. The van der Waals surface area contributed by atoms with Gasteiger partial charge in [-0.25, -0.2) is 4.98 Å². The van der Waals surface area contributed by atoms with Crippen LogP contribution in [0.25, 0.3) is 0 Å². The first-order valence-electron chi connectivity index (χ1n) is 5.59. The van der Waals surface area contributed by atoms with E-state index < -0.39 is 5.60 Å². The van der Waals surface area contributed by atoms with Crippen LogP contribution in [0.3, 0.4) is 0 Å². The van der Waals surface area contributed by atoms with Gasteiger partial charge in [-0.2, -0.15) is 0 Å². The van der Waals surface area contributed by atoms with Gasteiger partial charge >= 0.3 is 0 Å². The lowest BCUT2D eigenvalue weighted by Gasteiger charge is -2.17. The topological polar surface area (TPSA) is 36.4 Å². The molecule has 0 fully saturated rings. The van der Waals surface area contributed by atoms with Crippen LogP contribution in [0.15, 0.2) is 0 Å². The third-order valence-electron chi connectivity index (χ3n) is 2.25. The van der Waals surface area contributed by atoms with E-state index in [1.165, 1.54) is 0 Å². The Labute approximate surface area is 102 Å². The summed E-state index contributed by atoms with van der Waals surface area (Å²) in [6.45, 7) is 8.71. The zero-order valence-corrected chi connectivity index (χ0v) is 11.9. The van der Waals surface area contributed by atoms with Crippen LogP contribution in [0.5, 0.6) is 0 Å². The van der Waals surface area contributed by atoms with E-state index in [4.69, 9.17) is 0 Å². The van der Waals surface area contributed by atoms with Crippen LogP contribution in [0.4, 0.5) is 0 Å². The largest absolute Gasteiger partial charge is 0.385 e. The number of aromatic nitrogens is 1. The van der Waals surface area contributed by atoms with E-state index in [0.717, 1.165) is 22.1 Å². The van der Waals surface area contributed by atoms with Crippen LogP contribution in [-0.2, 0) is 12.1 Å². The summed E-state index contributed by atoms with van der Waals surface area (Å²) in [5.41, 5.74) is 0.247. The Balaban J connectivity index is 3.11. The van der Waals surface area contributed by atoms with Gasteiger partial charge in [0.25, 0.3) is 0 Å². The van der Waals surface area contributed by atoms with E-state index in [-0.39, 0.29) is 0 Å². The van der Waals surface area contributed by atoms with E-state index >= 15 is 0 Å². The molecule has 0 aliphatic heterocycles. The normalized spacial score (nSPS) is 12.8. The second-order valence-corrected chi connectivity index (χ2v) is 6.36. The Morgan fingerprint density at radius 3 is 2.25 bits per heavy atom. The second kappa shape index (κ2) is 4.82. The van der Waals surface area contributed by atoms with Crippen LogP contribution in [0, 0.1) is 0 Å². The molecular formula is C12H22N2OS. The van der Waals surface area contributed by atoms with Crippen molar-refractivity contribution in [2.75, 3.05) is 14.1 Å². The minimum absolute atomic E-state index is 0.355. The highest BCUT2D eigenvalue weighted by molar-refractivity contribution is 7.11. The van der Waals surface area contributed by atoms with Gasteiger partial charge in [-0.1, -0.05) is 13.8 Å². The van der Waals surface area contributed by atoms with Gasteiger partial charge in [0, 0.05) is 6.54 Å². The molecule has 0 saturated heterocycles. The van der Waals surface area contributed by atoms with Crippen LogP contribution in [0.1, 0.15) is 49.2 Å². The number of hydrogen-bond acceptors (Lipinski definition) is 4. The van der Waals surface area contributed by atoms with Crippen molar-refractivity contribution in [3.63, 3.8) is 0 Å². The van der Waals surface area contributed by atoms with Gasteiger partial charge in [-0.05, 0) is 33.9 Å². The highest BCUT2D eigenvalue weighted by Gasteiger charge is 2.26. The average molecular weight is 242 g/mol. The molecule has 1 aromatic heterocycles. The molecule has 0 amide bonds. The van der Waals surface area contributed by atoms with E-state index in [9.17, 15) is 5.11 Å². The van der Waals surface area contributed by atoms with Crippen molar-refractivity contribution in [3.05, 3.63) is 15.6 Å². The van der Waals surface area contributed by atoms with Gasteiger partial charge in [-0.3, -0.25) is 0 Å². The third-order valence-corrected chi connectivity index (χ3v) is 3.62. The molecule has 0 atom stereocenters. The molecule has 0 unspecified atom stereocenters. The maximum atomic E-state index is 10.1. The standard InChI is InChI=1S/C12H22N2OS/c1-8(2)10-11(12(3,4)15)16-9(13-10)7-14(5)6/h8,15H,7H2,1-6H3. The monoisotopic (exact) mass is 242 g/mol. The Hall–Kier alpha value is -0.450. The molecule has 3 nitrogen and oxygen atoms in total. The molecule has 0 spiro atoms. The van der Waals surface area contributed by atoms with Crippen molar-refractivity contribution in [3.8, 4) is 0 Å². The average Bonchev–Trinajstić information content (AvgIpc) is 2.45. The Morgan fingerprint density at radius 2 is 1.94 bits per heavy atom. The lowest BCUT2D eigenvalue weighted by Crippen LogP contribution is -2.16. The molecule has 0 aliphatic rings.